The molecule has 1 heterocycles. The topological polar surface area (TPSA) is 124 Å². The molecule has 7 nitrogen and oxygen atoms in total. The number of imidazole rings is 1. The van der Waals surface area contributed by atoms with E-state index >= 15 is 0 Å². The fourth-order valence-corrected chi connectivity index (χ4v) is 2.95. The van der Waals surface area contributed by atoms with Gasteiger partial charge in [-0.05, 0) is 24.3 Å². The van der Waals surface area contributed by atoms with Crippen molar-refractivity contribution in [3.05, 3.63) is 51.5 Å². The zero-order chi connectivity index (χ0) is 18.1. The van der Waals surface area contributed by atoms with Crippen molar-refractivity contribution in [1.29, 1.82) is 10.8 Å². The summed E-state index contributed by atoms with van der Waals surface area (Å²) in [6, 6.07) is 5.83. The number of aromatic nitrogens is 2. The van der Waals surface area contributed by atoms with Crippen LogP contribution >= 0.6 is 27.5 Å². The van der Waals surface area contributed by atoms with Crippen LogP contribution in [0.5, 0.6) is 0 Å². The highest BCUT2D eigenvalue weighted by Crippen LogP contribution is 2.34. The Morgan fingerprint density at radius 2 is 2.12 bits per heavy atom. The lowest BCUT2D eigenvalue weighted by Crippen LogP contribution is -2.20. The number of hydrogen-bond acceptors (Lipinski definition) is 5. The summed E-state index contributed by atoms with van der Waals surface area (Å²) in [7, 11) is 0. The van der Waals surface area contributed by atoms with Crippen LogP contribution in [-0.2, 0) is 4.74 Å². The van der Waals surface area contributed by atoms with Crippen LogP contribution in [0.25, 0.3) is 11.0 Å². The van der Waals surface area contributed by atoms with Crippen molar-refractivity contribution in [2.24, 2.45) is 5.73 Å². The van der Waals surface area contributed by atoms with Crippen molar-refractivity contribution >= 4 is 61.9 Å². The highest BCUT2D eigenvalue weighted by atomic mass is 79.9. The first-order chi connectivity index (χ1) is 11.9. The molecule has 0 aliphatic heterocycles. The molecule has 3 aromatic rings. The Bertz CT molecular complexity index is 1010. The molecule has 0 atom stereocenters. The smallest absolute Gasteiger partial charge is 0.285 e. The molecule has 0 radical (unpaired) electrons. The number of aromatic amines is 1. The number of anilines is 2. The maximum atomic E-state index is 14.9. The van der Waals surface area contributed by atoms with E-state index in [0.717, 1.165) is 4.47 Å². The number of halogens is 3. The summed E-state index contributed by atoms with van der Waals surface area (Å²) in [6.45, 7) is 0. The number of rotatable bonds is 3. The zero-order valence-corrected chi connectivity index (χ0v) is 14.8. The second-order valence-electron chi connectivity index (χ2n) is 4.96. The Labute approximate surface area is 154 Å². The Balaban J connectivity index is 2.15. The molecule has 0 saturated heterocycles. The Kier molecular flexibility index (Phi) is 4.60. The third kappa shape index (κ3) is 3.42. The first-order valence-corrected chi connectivity index (χ1v) is 8.02. The number of nitrogens with one attached hydrogen (secondary N) is 4. The number of nitrogens with two attached hydrogens (primary N) is 1. The van der Waals surface area contributed by atoms with Crippen LogP contribution in [-0.4, -0.2) is 21.9 Å². The summed E-state index contributed by atoms with van der Waals surface area (Å²) in [5.41, 5.74) is 6.05. The molecule has 0 unspecified atom stereocenters. The lowest BCUT2D eigenvalue weighted by Gasteiger charge is -2.15. The summed E-state index contributed by atoms with van der Waals surface area (Å²) in [5.74, 6) is -1.18. The van der Waals surface area contributed by atoms with Gasteiger partial charge in [0.05, 0.1) is 33.8 Å². The monoisotopic (exact) mass is 424 g/mol. The maximum absolute atomic E-state index is 14.9. The first-order valence-electron chi connectivity index (χ1n) is 6.85. The van der Waals surface area contributed by atoms with Gasteiger partial charge in [0.15, 0.2) is 5.82 Å². The largest absolute Gasteiger partial charge is 0.407 e. The number of H-pyrrole nitrogens is 1. The van der Waals surface area contributed by atoms with Gasteiger partial charge in [-0.25, -0.2) is 9.37 Å². The fraction of sp³-hybridized carbons (Fsp3) is 0. The van der Waals surface area contributed by atoms with Gasteiger partial charge in [0.2, 0.25) is 5.90 Å². The average Bonchev–Trinajstić information content (AvgIpc) is 3.00. The van der Waals surface area contributed by atoms with Crippen molar-refractivity contribution in [3.63, 3.8) is 0 Å². The van der Waals surface area contributed by atoms with Gasteiger partial charge in [-0.1, -0.05) is 27.5 Å². The summed E-state index contributed by atoms with van der Waals surface area (Å²) in [4.78, 5) is 6.70. The quantitative estimate of drug-likeness (QED) is 0.320. The molecule has 0 bridgehead atoms. The van der Waals surface area contributed by atoms with Crippen LogP contribution in [0.4, 0.5) is 15.8 Å². The van der Waals surface area contributed by atoms with Crippen molar-refractivity contribution < 1.29 is 9.13 Å². The third-order valence-corrected chi connectivity index (χ3v) is 4.11. The molecule has 25 heavy (non-hydrogen) atoms. The first kappa shape index (κ1) is 17.2. The molecule has 0 amide bonds. The van der Waals surface area contributed by atoms with Gasteiger partial charge in [-0.15, -0.1) is 0 Å². The molecule has 2 aromatic carbocycles. The van der Waals surface area contributed by atoms with Crippen molar-refractivity contribution in [2.45, 2.75) is 0 Å². The molecule has 128 valence electrons. The number of benzene rings is 2. The zero-order valence-electron chi connectivity index (χ0n) is 12.5. The van der Waals surface area contributed by atoms with E-state index in [1.54, 1.807) is 18.2 Å². The molecular formula is C15H11BrClFN6O. The summed E-state index contributed by atoms with van der Waals surface area (Å²) < 4.78 is 20.5. The predicted octanol–water partition coefficient (Wildman–Crippen LogP) is 4.10. The highest BCUT2D eigenvalue weighted by Gasteiger charge is 2.21. The van der Waals surface area contributed by atoms with Gasteiger partial charge < -0.3 is 20.8 Å². The van der Waals surface area contributed by atoms with Gasteiger partial charge in [0, 0.05) is 4.47 Å². The van der Waals surface area contributed by atoms with Crippen molar-refractivity contribution in [3.8, 4) is 0 Å². The predicted molar refractivity (Wildman–Crippen MR) is 98.3 cm³/mol. The van der Waals surface area contributed by atoms with E-state index in [1.807, 2.05) is 0 Å². The number of fused-ring (bicyclic) bond motifs is 1. The molecule has 0 aliphatic rings. The molecule has 6 N–H and O–H groups in total. The van der Waals surface area contributed by atoms with Gasteiger partial charge in [-0.3, -0.25) is 10.8 Å². The molecule has 0 spiro atoms. The number of amidine groups is 1. The standard InChI is InChI=1S/C15H11BrClFN6O/c16-6-1-2-9(8(17)3-6)24-12-7(14(19)25-15(20)21)4-10-13(11(12)18)23-5-22-10/h1-5,19,24H,(H3,20,21)(H,22,23). The number of nitrogens with zero attached hydrogens (tertiary/aromatic N) is 1. The van der Waals surface area contributed by atoms with E-state index in [9.17, 15) is 4.39 Å². The van der Waals surface area contributed by atoms with E-state index < -0.39 is 17.7 Å². The van der Waals surface area contributed by atoms with Gasteiger partial charge in [0.25, 0.3) is 6.02 Å². The minimum atomic E-state index is -0.690. The Morgan fingerprint density at radius 1 is 1.36 bits per heavy atom. The van der Waals surface area contributed by atoms with Crippen LogP contribution < -0.4 is 11.1 Å². The van der Waals surface area contributed by atoms with E-state index in [4.69, 9.17) is 32.9 Å². The van der Waals surface area contributed by atoms with Crippen molar-refractivity contribution in [2.75, 3.05) is 5.32 Å². The van der Waals surface area contributed by atoms with Crippen LogP contribution in [0.2, 0.25) is 5.02 Å². The van der Waals surface area contributed by atoms with Crippen LogP contribution in [0, 0.1) is 16.6 Å². The summed E-state index contributed by atoms with van der Waals surface area (Å²) in [6.07, 6.45) is 1.34. The third-order valence-electron chi connectivity index (χ3n) is 3.30. The Morgan fingerprint density at radius 3 is 2.80 bits per heavy atom. The highest BCUT2D eigenvalue weighted by molar-refractivity contribution is 9.10. The second kappa shape index (κ2) is 6.69. The summed E-state index contributed by atoms with van der Waals surface area (Å²) in [5, 5.41) is 18.3. The van der Waals surface area contributed by atoms with E-state index in [0.29, 0.717) is 16.2 Å². The molecule has 3 rings (SSSR count). The molecular weight excluding hydrogens is 415 g/mol. The summed E-state index contributed by atoms with van der Waals surface area (Å²) >= 11 is 9.47. The van der Waals surface area contributed by atoms with Crippen LogP contribution in [0.1, 0.15) is 5.56 Å². The lowest BCUT2D eigenvalue weighted by molar-refractivity contribution is 0.527. The fourth-order valence-electron chi connectivity index (χ4n) is 2.23. The second-order valence-corrected chi connectivity index (χ2v) is 6.28. The molecule has 0 aliphatic carbocycles. The van der Waals surface area contributed by atoms with Crippen LogP contribution in [0.3, 0.4) is 0 Å². The lowest BCUT2D eigenvalue weighted by atomic mass is 10.1. The molecule has 10 heteroatoms. The van der Waals surface area contributed by atoms with Crippen LogP contribution in [0.15, 0.2) is 35.1 Å². The molecule has 0 fully saturated rings. The molecule has 0 saturated carbocycles. The minimum absolute atomic E-state index is 0.0587. The Hall–Kier alpha value is -2.65. The van der Waals surface area contributed by atoms with E-state index in [2.05, 4.69) is 31.2 Å². The average molecular weight is 426 g/mol. The van der Waals surface area contributed by atoms with Gasteiger partial charge in [0.1, 0.15) is 5.52 Å². The van der Waals surface area contributed by atoms with Gasteiger partial charge >= 0.3 is 0 Å². The van der Waals surface area contributed by atoms with E-state index in [-0.39, 0.29) is 16.8 Å². The minimum Gasteiger partial charge on any atom is -0.407 e. The maximum Gasteiger partial charge on any atom is 0.285 e. The van der Waals surface area contributed by atoms with E-state index in [1.165, 1.54) is 12.4 Å². The SMILES string of the molecule is N=C(N)OC(=N)c1cc2[nH]cnc2c(F)c1Nc1ccc(Br)cc1Cl. The van der Waals surface area contributed by atoms with Crippen molar-refractivity contribution in [1.82, 2.24) is 9.97 Å². The van der Waals surface area contributed by atoms with Gasteiger partial charge in [-0.2, -0.15) is 0 Å². The molecule has 1 aromatic heterocycles. The number of ether oxygens (including phenoxy) is 1. The normalized spacial score (nSPS) is 10.7. The number of hydrogen-bond donors (Lipinski definition) is 5.